The van der Waals surface area contributed by atoms with E-state index in [9.17, 15) is 5.26 Å². The van der Waals surface area contributed by atoms with Crippen LogP contribution in [0.25, 0.3) is 21.4 Å². The lowest BCUT2D eigenvalue weighted by atomic mass is 9.94. The molecule has 1 aliphatic carbocycles. The van der Waals surface area contributed by atoms with Gasteiger partial charge in [-0.1, -0.05) is 36.4 Å². The summed E-state index contributed by atoms with van der Waals surface area (Å²) in [5, 5.41) is 10.7. The zero-order valence-corrected chi connectivity index (χ0v) is 13.6. The van der Waals surface area contributed by atoms with Crippen LogP contribution in [0.1, 0.15) is 35.4 Å². The fourth-order valence-corrected chi connectivity index (χ4v) is 4.26. The molecule has 0 unspecified atom stereocenters. The van der Waals surface area contributed by atoms with Gasteiger partial charge in [0, 0.05) is 0 Å². The molecule has 0 fully saturated rings. The Morgan fingerprint density at radius 2 is 1.78 bits per heavy atom. The van der Waals surface area contributed by atoms with Crippen LogP contribution in [0.15, 0.2) is 48.5 Å². The summed E-state index contributed by atoms with van der Waals surface area (Å²) in [6.07, 6.45) is 4.35. The second-order valence-corrected chi connectivity index (χ2v) is 6.85. The van der Waals surface area contributed by atoms with Crippen LogP contribution in [0.5, 0.6) is 0 Å². The van der Waals surface area contributed by atoms with Gasteiger partial charge in [-0.15, -0.1) is 11.3 Å². The van der Waals surface area contributed by atoms with Gasteiger partial charge in [-0.2, -0.15) is 5.26 Å². The van der Waals surface area contributed by atoms with Gasteiger partial charge in [0.2, 0.25) is 0 Å². The lowest BCUT2D eigenvalue weighted by molar-refractivity contribution is 0.771. The number of thiazole rings is 1. The molecule has 112 valence electrons. The van der Waals surface area contributed by atoms with Crippen LogP contribution in [0, 0.1) is 11.3 Å². The molecule has 0 saturated heterocycles. The minimum Gasteiger partial charge on any atom is -0.235 e. The Morgan fingerprint density at radius 1 is 1.00 bits per heavy atom. The number of nitriles is 1. The lowest BCUT2D eigenvalue weighted by Crippen LogP contribution is -1.93. The van der Waals surface area contributed by atoms with Crippen molar-refractivity contribution in [2.24, 2.45) is 0 Å². The Bertz CT molecular complexity index is 910. The van der Waals surface area contributed by atoms with Gasteiger partial charge < -0.3 is 0 Å². The number of rotatable bonds is 1. The van der Waals surface area contributed by atoms with Crippen LogP contribution in [-0.2, 0) is 6.42 Å². The Hall–Kier alpha value is -2.44. The van der Waals surface area contributed by atoms with Crippen LogP contribution in [-0.4, -0.2) is 4.98 Å². The van der Waals surface area contributed by atoms with E-state index in [1.54, 1.807) is 11.3 Å². The van der Waals surface area contributed by atoms with E-state index in [-0.39, 0.29) is 0 Å². The second kappa shape index (κ2) is 5.98. The number of aromatic nitrogens is 1. The zero-order valence-electron chi connectivity index (χ0n) is 12.7. The van der Waals surface area contributed by atoms with Crippen LogP contribution in [0.3, 0.4) is 0 Å². The van der Waals surface area contributed by atoms with Crippen molar-refractivity contribution in [3.05, 3.63) is 64.7 Å². The Balaban J connectivity index is 1.94. The summed E-state index contributed by atoms with van der Waals surface area (Å²) in [7, 11) is 0. The smallest absolute Gasteiger partial charge is 0.135 e. The summed E-state index contributed by atoms with van der Waals surface area (Å²) in [6, 6.07) is 19.0. The van der Waals surface area contributed by atoms with Crippen molar-refractivity contribution >= 4 is 32.7 Å². The van der Waals surface area contributed by atoms with E-state index in [1.165, 1.54) is 23.1 Å². The summed E-state index contributed by atoms with van der Waals surface area (Å²) in [5.41, 5.74) is 5.48. The Morgan fingerprint density at radius 3 is 2.65 bits per heavy atom. The number of aryl methyl sites for hydroxylation is 1. The summed E-state index contributed by atoms with van der Waals surface area (Å²) >= 11 is 1.61. The van der Waals surface area contributed by atoms with Crippen molar-refractivity contribution in [2.45, 2.75) is 25.7 Å². The highest BCUT2D eigenvalue weighted by Gasteiger charge is 2.19. The van der Waals surface area contributed by atoms with Gasteiger partial charge in [-0.05, 0) is 54.5 Å². The van der Waals surface area contributed by atoms with Crippen LogP contribution >= 0.6 is 11.3 Å². The molecule has 0 N–H and O–H groups in total. The van der Waals surface area contributed by atoms with Gasteiger partial charge in [0.25, 0.3) is 0 Å². The summed E-state index contributed by atoms with van der Waals surface area (Å²) in [5.74, 6) is 0. The standard InChI is InChI=1S/C20H16N2S/c21-13-17(20-22-18-11-5-6-12-19(18)23-20)16-10-4-2-8-14-7-1-3-9-15(14)16/h1,3,5-7,9,11-12H,2,4,8,10H2/b17-16-. The molecule has 0 bridgehead atoms. The van der Waals surface area contributed by atoms with E-state index in [1.807, 2.05) is 18.2 Å². The fourth-order valence-electron chi connectivity index (χ4n) is 3.27. The quantitative estimate of drug-likeness (QED) is 0.441. The predicted octanol–water partition coefficient (Wildman–Crippen LogP) is 5.46. The summed E-state index contributed by atoms with van der Waals surface area (Å²) < 4.78 is 1.14. The van der Waals surface area contributed by atoms with Gasteiger partial charge in [0.1, 0.15) is 11.1 Å². The molecular formula is C20H16N2S. The number of benzene rings is 2. The molecule has 1 aromatic heterocycles. The first-order valence-electron chi connectivity index (χ1n) is 7.94. The van der Waals surface area contributed by atoms with Crippen molar-refractivity contribution < 1.29 is 0 Å². The maximum Gasteiger partial charge on any atom is 0.135 e. The molecule has 0 radical (unpaired) electrons. The summed E-state index contributed by atoms with van der Waals surface area (Å²) in [4.78, 5) is 4.70. The molecule has 23 heavy (non-hydrogen) atoms. The van der Waals surface area contributed by atoms with Gasteiger partial charge in [-0.25, -0.2) is 4.98 Å². The first-order valence-corrected chi connectivity index (χ1v) is 8.76. The Kier molecular flexibility index (Phi) is 3.69. The molecule has 2 aromatic carbocycles. The van der Waals surface area contributed by atoms with Crippen molar-refractivity contribution in [1.29, 1.82) is 5.26 Å². The molecule has 0 saturated carbocycles. The first kappa shape index (κ1) is 14.2. The zero-order chi connectivity index (χ0) is 15.6. The van der Waals surface area contributed by atoms with Crippen LogP contribution in [0.2, 0.25) is 0 Å². The second-order valence-electron chi connectivity index (χ2n) is 5.82. The van der Waals surface area contributed by atoms with E-state index >= 15 is 0 Å². The monoisotopic (exact) mass is 316 g/mol. The highest BCUT2D eigenvalue weighted by atomic mass is 32.1. The minimum atomic E-state index is 0.751. The topological polar surface area (TPSA) is 36.7 Å². The van der Waals surface area contributed by atoms with E-state index in [0.29, 0.717) is 0 Å². The average molecular weight is 316 g/mol. The molecule has 1 aliphatic rings. The third-order valence-electron chi connectivity index (χ3n) is 4.39. The normalized spacial score (nSPS) is 16.5. The van der Waals surface area contributed by atoms with Crippen LogP contribution in [0.4, 0.5) is 0 Å². The predicted molar refractivity (Wildman–Crippen MR) is 96.0 cm³/mol. The highest BCUT2D eigenvalue weighted by Crippen LogP contribution is 2.37. The largest absolute Gasteiger partial charge is 0.235 e. The Labute approximate surface area is 139 Å². The van der Waals surface area contributed by atoms with Crippen molar-refractivity contribution in [1.82, 2.24) is 4.98 Å². The molecule has 0 spiro atoms. The van der Waals surface area contributed by atoms with Crippen molar-refractivity contribution in [2.75, 3.05) is 0 Å². The van der Waals surface area contributed by atoms with Gasteiger partial charge in [0.15, 0.2) is 0 Å². The SMILES string of the molecule is N#C/C(=C1\CCCCc2ccccc21)c1nc2ccccc2s1. The maximum atomic E-state index is 9.83. The number of hydrogen-bond donors (Lipinski definition) is 0. The van der Waals surface area contributed by atoms with E-state index in [2.05, 4.69) is 36.4 Å². The number of nitrogens with zero attached hydrogens (tertiary/aromatic N) is 2. The molecule has 4 rings (SSSR count). The van der Waals surface area contributed by atoms with Gasteiger partial charge in [0.05, 0.1) is 15.8 Å². The van der Waals surface area contributed by atoms with Crippen LogP contribution < -0.4 is 0 Å². The fraction of sp³-hybridized carbons (Fsp3) is 0.200. The third kappa shape index (κ3) is 2.56. The highest BCUT2D eigenvalue weighted by molar-refractivity contribution is 7.19. The maximum absolute atomic E-state index is 9.83. The number of fused-ring (bicyclic) bond motifs is 2. The van der Waals surface area contributed by atoms with E-state index in [4.69, 9.17) is 4.98 Å². The molecule has 1 heterocycles. The van der Waals surface area contributed by atoms with Gasteiger partial charge in [-0.3, -0.25) is 0 Å². The number of hydrogen-bond acceptors (Lipinski definition) is 3. The molecule has 0 amide bonds. The molecule has 0 aliphatic heterocycles. The van der Waals surface area contributed by atoms with Gasteiger partial charge >= 0.3 is 0 Å². The molecule has 0 atom stereocenters. The molecule has 3 heteroatoms. The van der Waals surface area contributed by atoms with Crippen molar-refractivity contribution in [3.8, 4) is 6.07 Å². The molecule has 3 aromatic rings. The van der Waals surface area contributed by atoms with E-state index < -0.39 is 0 Å². The number of para-hydroxylation sites is 1. The average Bonchev–Trinajstić information content (AvgIpc) is 2.90. The summed E-state index contributed by atoms with van der Waals surface area (Å²) in [6.45, 7) is 0. The van der Waals surface area contributed by atoms with E-state index in [0.717, 1.165) is 40.1 Å². The molecule has 2 nitrogen and oxygen atoms in total. The lowest BCUT2D eigenvalue weighted by Gasteiger charge is -2.10. The molecular weight excluding hydrogens is 300 g/mol. The number of allylic oxidation sites excluding steroid dienone is 2. The minimum absolute atomic E-state index is 0.751. The first-order chi connectivity index (χ1) is 11.4. The van der Waals surface area contributed by atoms with Crippen molar-refractivity contribution in [3.63, 3.8) is 0 Å². The third-order valence-corrected chi connectivity index (χ3v) is 5.44.